The molecule has 0 unspecified atom stereocenters. The maximum atomic E-state index is 13.2. The molecule has 0 saturated carbocycles. The Morgan fingerprint density at radius 3 is 2.42 bits per heavy atom. The van der Waals surface area contributed by atoms with Crippen LogP contribution in [-0.4, -0.2) is 27.0 Å². The van der Waals surface area contributed by atoms with Gasteiger partial charge < -0.3 is 10.1 Å². The van der Waals surface area contributed by atoms with Gasteiger partial charge in [-0.25, -0.2) is 8.42 Å². The van der Waals surface area contributed by atoms with Crippen molar-refractivity contribution >= 4 is 33.2 Å². The Morgan fingerprint density at radius 2 is 1.76 bits per heavy atom. The standard InChI is InChI=1S/C25H27ClN2O4S/c1-4-32-24-14-13-20(15-17(24)2)33(30,31)28-23(16-19-9-6-5-7-10-19)25(29)27-22-12-8-11-21(26)18(22)3/h5-15,23,28H,4,16H2,1-3H3,(H,27,29)/t23-/m1/s1. The third kappa shape index (κ3) is 6.35. The SMILES string of the molecule is CCOc1ccc(S(=O)(=O)N[C@H](Cc2ccccc2)C(=O)Nc2cccc(Cl)c2C)cc1C. The summed E-state index contributed by atoms with van der Waals surface area (Å²) >= 11 is 6.17. The number of rotatable bonds is 9. The van der Waals surface area contributed by atoms with Crippen LogP contribution < -0.4 is 14.8 Å². The lowest BCUT2D eigenvalue weighted by Gasteiger charge is -2.20. The fourth-order valence-electron chi connectivity index (χ4n) is 3.36. The Labute approximate surface area is 200 Å². The van der Waals surface area contributed by atoms with E-state index < -0.39 is 22.0 Å². The second-order valence-electron chi connectivity index (χ2n) is 7.63. The lowest BCUT2D eigenvalue weighted by Crippen LogP contribution is -2.45. The number of anilines is 1. The molecule has 6 nitrogen and oxygen atoms in total. The summed E-state index contributed by atoms with van der Waals surface area (Å²) in [6, 6.07) is 18.0. The topological polar surface area (TPSA) is 84.5 Å². The molecule has 1 atom stereocenters. The first-order valence-corrected chi connectivity index (χ1v) is 12.4. The highest BCUT2D eigenvalue weighted by atomic mass is 35.5. The van der Waals surface area contributed by atoms with Crippen molar-refractivity contribution < 1.29 is 17.9 Å². The van der Waals surface area contributed by atoms with E-state index in [4.69, 9.17) is 16.3 Å². The molecule has 3 aromatic rings. The highest BCUT2D eigenvalue weighted by molar-refractivity contribution is 7.89. The molecule has 0 aliphatic rings. The molecule has 3 rings (SSSR count). The van der Waals surface area contributed by atoms with Crippen LogP contribution in [0.15, 0.2) is 71.6 Å². The van der Waals surface area contributed by atoms with Crippen molar-refractivity contribution in [2.75, 3.05) is 11.9 Å². The lowest BCUT2D eigenvalue weighted by atomic mass is 10.1. The van der Waals surface area contributed by atoms with Gasteiger partial charge in [-0.2, -0.15) is 4.72 Å². The van der Waals surface area contributed by atoms with Crippen molar-refractivity contribution in [2.45, 2.75) is 38.1 Å². The molecule has 0 aliphatic carbocycles. The molecule has 0 spiro atoms. The van der Waals surface area contributed by atoms with E-state index in [0.29, 0.717) is 34.2 Å². The molecule has 0 bridgehead atoms. The van der Waals surface area contributed by atoms with E-state index in [1.807, 2.05) is 37.3 Å². The molecule has 0 aromatic heterocycles. The van der Waals surface area contributed by atoms with E-state index >= 15 is 0 Å². The van der Waals surface area contributed by atoms with Gasteiger partial charge in [-0.1, -0.05) is 48.0 Å². The molecule has 3 aromatic carbocycles. The van der Waals surface area contributed by atoms with Crippen LogP contribution in [0, 0.1) is 13.8 Å². The van der Waals surface area contributed by atoms with Gasteiger partial charge in [0.05, 0.1) is 11.5 Å². The number of carbonyl (C=O) groups excluding carboxylic acids is 1. The van der Waals surface area contributed by atoms with E-state index in [2.05, 4.69) is 10.0 Å². The van der Waals surface area contributed by atoms with Crippen molar-refractivity contribution in [3.8, 4) is 5.75 Å². The van der Waals surface area contributed by atoms with Crippen LogP contribution in [0.2, 0.25) is 5.02 Å². The minimum absolute atomic E-state index is 0.0632. The number of nitrogens with one attached hydrogen (secondary N) is 2. The van der Waals surface area contributed by atoms with Gasteiger partial charge in [-0.3, -0.25) is 4.79 Å². The fraction of sp³-hybridized carbons (Fsp3) is 0.240. The minimum atomic E-state index is -3.98. The molecule has 2 N–H and O–H groups in total. The van der Waals surface area contributed by atoms with E-state index in [0.717, 1.165) is 5.56 Å². The number of amides is 1. The molecule has 33 heavy (non-hydrogen) atoms. The van der Waals surface area contributed by atoms with Gasteiger partial charge in [0.2, 0.25) is 15.9 Å². The largest absolute Gasteiger partial charge is 0.494 e. The fourth-order valence-corrected chi connectivity index (χ4v) is 4.82. The summed E-state index contributed by atoms with van der Waals surface area (Å²) in [6.07, 6.45) is 0.182. The van der Waals surface area contributed by atoms with Gasteiger partial charge in [-0.15, -0.1) is 0 Å². The Balaban J connectivity index is 1.89. The van der Waals surface area contributed by atoms with Gasteiger partial charge in [0, 0.05) is 10.7 Å². The quantitative estimate of drug-likeness (QED) is 0.451. The van der Waals surface area contributed by atoms with Gasteiger partial charge in [0.1, 0.15) is 11.8 Å². The van der Waals surface area contributed by atoms with Crippen molar-refractivity contribution in [1.82, 2.24) is 4.72 Å². The second-order valence-corrected chi connectivity index (χ2v) is 9.75. The van der Waals surface area contributed by atoms with Crippen LogP contribution in [0.3, 0.4) is 0 Å². The molecule has 0 saturated heterocycles. The number of hydrogen-bond donors (Lipinski definition) is 2. The molecule has 0 heterocycles. The molecule has 1 amide bonds. The highest BCUT2D eigenvalue weighted by Crippen LogP contribution is 2.24. The van der Waals surface area contributed by atoms with Crippen LogP contribution in [0.25, 0.3) is 0 Å². The molecule has 0 aliphatic heterocycles. The van der Waals surface area contributed by atoms with Gasteiger partial charge >= 0.3 is 0 Å². The Bertz CT molecular complexity index is 1230. The first-order valence-electron chi connectivity index (χ1n) is 10.6. The van der Waals surface area contributed by atoms with Crippen molar-refractivity contribution in [1.29, 1.82) is 0 Å². The average Bonchev–Trinajstić information content (AvgIpc) is 2.78. The predicted octanol–water partition coefficient (Wildman–Crippen LogP) is 4.88. The van der Waals surface area contributed by atoms with Crippen molar-refractivity contribution in [3.05, 3.63) is 88.4 Å². The van der Waals surface area contributed by atoms with E-state index in [9.17, 15) is 13.2 Å². The zero-order chi connectivity index (χ0) is 24.0. The van der Waals surface area contributed by atoms with E-state index in [1.54, 1.807) is 38.1 Å². The number of halogens is 1. The van der Waals surface area contributed by atoms with Crippen LogP contribution in [0.4, 0.5) is 5.69 Å². The summed E-state index contributed by atoms with van der Waals surface area (Å²) in [5.74, 6) is 0.141. The number of carbonyl (C=O) groups is 1. The van der Waals surface area contributed by atoms with Crippen LogP contribution >= 0.6 is 11.6 Å². The molecule has 174 valence electrons. The maximum absolute atomic E-state index is 13.2. The summed E-state index contributed by atoms with van der Waals surface area (Å²) in [5.41, 5.74) is 2.75. The van der Waals surface area contributed by atoms with Crippen LogP contribution in [0.1, 0.15) is 23.6 Å². The Morgan fingerprint density at radius 1 is 1.03 bits per heavy atom. The van der Waals surface area contributed by atoms with Crippen molar-refractivity contribution in [2.24, 2.45) is 0 Å². The zero-order valence-electron chi connectivity index (χ0n) is 18.8. The minimum Gasteiger partial charge on any atom is -0.494 e. The normalized spacial score (nSPS) is 12.2. The Kier molecular flexibility index (Phi) is 8.13. The van der Waals surface area contributed by atoms with Gasteiger partial charge in [-0.05, 0) is 74.2 Å². The number of benzene rings is 3. The first kappa shape index (κ1) is 24.8. The van der Waals surface area contributed by atoms with Gasteiger partial charge in [0.25, 0.3) is 0 Å². The summed E-state index contributed by atoms with van der Waals surface area (Å²) in [7, 11) is -3.98. The zero-order valence-corrected chi connectivity index (χ0v) is 20.3. The summed E-state index contributed by atoms with van der Waals surface area (Å²) < 4.78 is 34.4. The molecule has 8 heteroatoms. The third-order valence-corrected chi connectivity index (χ3v) is 7.06. The molecular formula is C25H27ClN2O4S. The average molecular weight is 487 g/mol. The predicted molar refractivity (Wildman–Crippen MR) is 131 cm³/mol. The van der Waals surface area contributed by atoms with E-state index in [1.165, 1.54) is 12.1 Å². The van der Waals surface area contributed by atoms with Crippen LogP contribution in [-0.2, 0) is 21.2 Å². The summed E-state index contributed by atoms with van der Waals surface area (Å²) in [5, 5.41) is 3.32. The Hall–Kier alpha value is -2.87. The number of aryl methyl sites for hydroxylation is 1. The van der Waals surface area contributed by atoms with E-state index in [-0.39, 0.29) is 11.3 Å². The summed E-state index contributed by atoms with van der Waals surface area (Å²) in [6.45, 7) is 5.91. The first-order chi connectivity index (χ1) is 15.7. The molecule has 0 fully saturated rings. The monoisotopic (exact) mass is 486 g/mol. The lowest BCUT2D eigenvalue weighted by molar-refractivity contribution is -0.117. The molecule has 0 radical (unpaired) electrons. The maximum Gasteiger partial charge on any atom is 0.242 e. The number of ether oxygens (including phenoxy) is 1. The van der Waals surface area contributed by atoms with Crippen LogP contribution in [0.5, 0.6) is 5.75 Å². The third-order valence-electron chi connectivity index (χ3n) is 5.18. The molecular weight excluding hydrogens is 460 g/mol. The van der Waals surface area contributed by atoms with Crippen molar-refractivity contribution in [3.63, 3.8) is 0 Å². The smallest absolute Gasteiger partial charge is 0.242 e. The van der Waals surface area contributed by atoms with Gasteiger partial charge in [0.15, 0.2) is 0 Å². The number of sulfonamides is 1. The highest BCUT2D eigenvalue weighted by Gasteiger charge is 2.27. The number of hydrogen-bond acceptors (Lipinski definition) is 4. The second kappa shape index (κ2) is 10.8. The summed E-state index contributed by atoms with van der Waals surface area (Å²) in [4.78, 5) is 13.3.